The van der Waals surface area contributed by atoms with Gasteiger partial charge >= 0.3 is 5.97 Å². The van der Waals surface area contributed by atoms with E-state index in [0.717, 1.165) is 30.3 Å². The first kappa shape index (κ1) is 17.7. The number of benzene rings is 2. The van der Waals surface area contributed by atoms with E-state index >= 15 is 0 Å². The first-order chi connectivity index (χ1) is 12.6. The molecule has 2 aliphatic heterocycles. The quantitative estimate of drug-likeness (QED) is 0.679. The van der Waals surface area contributed by atoms with Crippen LogP contribution in [-0.2, 0) is 16.0 Å². The van der Waals surface area contributed by atoms with Gasteiger partial charge in [-0.3, -0.25) is 9.69 Å². The molecule has 4 atom stereocenters. The van der Waals surface area contributed by atoms with Crippen LogP contribution < -0.4 is 0 Å². The minimum atomic E-state index is -0.105. The predicted molar refractivity (Wildman–Crippen MR) is 106 cm³/mol. The number of rotatable bonds is 3. The van der Waals surface area contributed by atoms with E-state index in [1.54, 1.807) is 0 Å². The lowest BCUT2D eigenvalue weighted by atomic mass is 9.81. The van der Waals surface area contributed by atoms with Gasteiger partial charge in [-0.25, -0.2) is 0 Å². The Morgan fingerprint density at radius 2 is 1.81 bits per heavy atom. The number of carbonyl (C=O) groups is 1. The van der Waals surface area contributed by atoms with Crippen molar-refractivity contribution in [3.63, 3.8) is 0 Å². The number of piperidine rings is 1. The number of carbonyl (C=O) groups excluding carboxylic acids is 1. The lowest BCUT2D eigenvalue weighted by Gasteiger charge is -2.48. The van der Waals surface area contributed by atoms with Crippen LogP contribution in [-0.4, -0.2) is 29.6 Å². The molecule has 0 bridgehead atoms. The van der Waals surface area contributed by atoms with E-state index in [4.69, 9.17) is 4.74 Å². The molecule has 136 valence electrons. The van der Waals surface area contributed by atoms with Crippen molar-refractivity contribution < 1.29 is 9.53 Å². The highest BCUT2D eigenvalue weighted by Crippen LogP contribution is 2.41. The molecule has 2 aromatic carbocycles. The molecule has 4 heteroatoms. The van der Waals surface area contributed by atoms with Crippen molar-refractivity contribution in [3.05, 3.63) is 70.2 Å². The summed E-state index contributed by atoms with van der Waals surface area (Å²) in [6.07, 6.45) is 2.65. The van der Waals surface area contributed by atoms with Gasteiger partial charge in [-0.15, -0.1) is 0 Å². The van der Waals surface area contributed by atoms with E-state index < -0.39 is 0 Å². The van der Waals surface area contributed by atoms with Gasteiger partial charge in [0.25, 0.3) is 0 Å². The van der Waals surface area contributed by atoms with E-state index in [-0.39, 0.29) is 24.2 Å². The monoisotopic (exact) mass is 413 g/mol. The molecule has 0 aromatic heterocycles. The van der Waals surface area contributed by atoms with Crippen molar-refractivity contribution >= 4 is 21.9 Å². The van der Waals surface area contributed by atoms with Crippen molar-refractivity contribution in [2.24, 2.45) is 5.92 Å². The Bertz CT molecular complexity index is 761. The van der Waals surface area contributed by atoms with E-state index in [1.807, 2.05) is 18.2 Å². The van der Waals surface area contributed by atoms with Gasteiger partial charge in [0.1, 0.15) is 12.1 Å². The molecular formula is C22H24BrNO2. The third kappa shape index (κ3) is 3.58. The normalized spacial score (nSPS) is 29.1. The summed E-state index contributed by atoms with van der Waals surface area (Å²) in [5.41, 5.74) is 2.51. The maximum absolute atomic E-state index is 12.7. The fourth-order valence-electron chi connectivity index (χ4n) is 4.44. The van der Waals surface area contributed by atoms with Crippen molar-refractivity contribution in [1.29, 1.82) is 0 Å². The number of hydrogen-bond acceptors (Lipinski definition) is 3. The van der Waals surface area contributed by atoms with Gasteiger partial charge < -0.3 is 4.74 Å². The minimum Gasteiger partial charge on any atom is -0.459 e. The second-order valence-corrected chi connectivity index (χ2v) is 8.43. The first-order valence-electron chi connectivity index (χ1n) is 9.37. The average molecular weight is 414 g/mol. The summed E-state index contributed by atoms with van der Waals surface area (Å²) in [5.74, 6) is 0.474. The Morgan fingerprint density at radius 1 is 1.08 bits per heavy atom. The van der Waals surface area contributed by atoms with Crippen LogP contribution in [0.15, 0.2) is 59.1 Å². The Kier molecular flexibility index (Phi) is 5.14. The molecule has 2 fully saturated rings. The molecule has 0 spiro atoms. The number of halogens is 1. The lowest BCUT2D eigenvalue weighted by Crippen LogP contribution is -2.57. The molecule has 0 unspecified atom stereocenters. The summed E-state index contributed by atoms with van der Waals surface area (Å²) in [6, 6.07) is 19.0. The van der Waals surface area contributed by atoms with E-state index in [9.17, 15) is 4.79 Å². The van der Waals surface area contributed by atoms with Gasteiger partial charge in [-0.2, -0.15) is 0 Å². The molecule has 0 aliphatic carbocycles. The van der Waals surface area contributed by atoms with Gasteiger partial charge in [0.05, 0.1) is 0 Å². The molecule has 0 saturated carbocycles. The topological polar surface area (TPSA) is 29.5 Å². The van der Waals surface area contributed by atoms with Crippen LogP contribution in [0.1, 0.15) is 36.9 Å². The molecule has 2 aliphatic rings. The van der Waals surface area contributed by atoms with Gasteiger partial charge in [0.2, 0.25) is 0 Å². The zero-order valence-electron chi connectivity index (χ0n) is 15.0. The maximum atomic E-state index is 12.7. The van der Waals surface area contributed by atoms with E-state index in [1.165, 1.54) is 11.1 Å². The molecule has 2 heterocycles. The third-order valence-electron chi connectivity index (χ3n) is 5.68. The van der Waals surface area contributed by atoms with Crippen LogP contribution in [0.25, 0.3) is 0 Å². The van der Waals surface area contributed by atoms with Crippen molar-refractivity contribution in [2.75, 3.05) is 6.54 Å². The zero-order chi connectivity index (χ0) is 18.1. The summed E-state index contributed by atoms with van der Waals surface area (Å²) in [7, 11) is 0. The van der Waals surface area contributed by atoms with Crippen LogP contribution in [0, 0.1) is 5.92 Å². The van der Waals surface area contributed by atoms with Gasteiger partial charge in [0, 0.05) is 23.5 Å². The van der Waals surface area contributed by atoms with Crippen LogP contribution in [0.2, 0.25) is 0 Å². The molecule has 0 radical (unpaired) electrons. The second kappa shape index (κ2) is 7.53. The summed E-state index contributed by atoms with van der Waals surface area (Å²) >= 11 is 3.52. The Morgan fingerprint density at radius 3 is 2.54 bits per heavy atom. The molecular weight excluding hydrogens is 390 g/mol. The summed E-state index contributed by atoms with van der Waals surface area (Å²) in [6.45, 7) is 3.10. The summed E-state index contributed by atoms with van der Waals surface area (Å²) in [5, 5.41) is 0. The SMILES string of the molecule is C[C@@H]1CC[C@H]2C(=O)O[C@@H](Cc3ccccc3)CN2[C@@H]1c1ccc(Br)cc1. The fourth-order valence-corrected chi connectivity index (χ4v) is 4.70. The minimum absolute atomic E-state index is 0.0498. The van der Waals surface area contributed by atoms with Gasteiger partial charge in [-0.1, -0.05) is 65.3 Å². The highest BCUT2D eigenvalue weighted by molar-refractivity contribution is 9.10. The Balaban J connectivity index is 1.59. The number of esters is 1. The third-order valence-corrected chi connectivity index (χ3v) is 6.21. The van der Waals surface area contributed by atoms with Crippen molar-refractivity contribution in [2.45, 2.75) is 44.4 Å². The molecule has 2 aromatic rings. The van der Waals surface area contributed by atoms with Gasteiger partial charge in [-0.05, 0) is 42.0 Å². The molecule has 3 nitrogen and oxygen atoms in total. The Hall–Kier alpha value is -1.65. The second-order valence-electron chi connectivity index (χ2n) is 7.51. The average Bonchev–Trinajstić information content (AvgIpc) is 2.63. The van der Waals surface area contributed by atoms with Crippen LogP contribution >= 0.6 is 15.9 Å². The first-order valence-corrected chi connectivity index (χ1v) is 10.2. The molecule has 0 amide bonds. The maximum Gasteiger partial charge on any atom is 0.323 e. The Labute approximate surface area is 163 Å². The number of ether oxygens (including phenoxy) is 1. The van der Waals surface area contributed by atoms with E-state index in [0.29, 0.717) is 5.92 Å². The zero-order valence-corrected chi connectivity index (χ0v) is 16.6. The fraction of sp³-hybridized carbons (Fsp3) is 0.409. The van der Waals surface area contributed by atoms with E-state index in [2.05, 4.69) is 64.2 Å². The van der Waals surface area contributed by atoms with Crippen LogP contribution in [0.5, 0.6) is 0 Å². The predicted octanol–water partition coefficient (Wildman–Crippen LogP) is 4.76. The number of hydrogen-bond donors (Lipinski definition) is 0. The van der Waals surface area contributed by atoms with Crippen molar-refractivity contribution in [3.8, 4) is 0 Å². The largest absolute Gasteiger partial charge is 0.459 e. The van der Waals surface area contributed by atoms with Gasteiger partial charge in [0.15, 0.2) is 0 Å². The molecule has 26 heavy (non-hydrogen) atoms. The molecule has 2 saturated heterocycles. The van der Waals surface area contributed by atoms with Crippen molar-refractivity contribution in [1.82, 2.24) is 4.90 Å². The summed E-state index contributed by atoms with van der Waals surface area (Å²) < 4.78 is 6.89. The number of cyclic esters (lactones) is 1. The number of fused-ring (bicyclic) bond motifs is 1. The smallest absolute Gasteiger partial charge is 0.323 e. The van der Waals surface area contributed by atoms with Crippen LogP contribution in [0.4, 0.5) is 0 Å². The van der Waals surface area contributed by atoms with Crippen LogP contribution in [0.3, 0.4) is 0 Å². The highest BCUT2D eigenvalue weighted by atomic mass is 79.9. The molecule has 0 N–H and O–H groups in total. The lowest BCUT2D eigenvalue weighted by molar-refractivity contribution is -0.174. The standard InChI is InChI=1S/C22H24BrNO2/c1-15-7-12-20-22(25)26-19(13-16-5-3-2-4-6-16)14-24(20)21(15)17-8-10-18(23)11-9-17/h2-6,8-11,15,19-21H,7,12-14H2,1H3/t15-,19+,20+,21+/m1/s1. The number of nitrogens with zero attached hydrogens (tertiary/aromatic N) is 1. The number of morpholine rings is 1. The highest BCUT2D eigenvalue weighted by Gasteiger charge is 2.45. The molecule has 4 rings (SSSR count). The summed E-state index contributed by atoms with van der Waals surface area (Å²) in [4.78, 5) is 15.1.